The quantitative estimate of drug-likeness (QED) is 0.887. The van der Waals surface area contributed by atoms with Crippen molar-refractivity contribution in [3.05, 3.63) is 35.0 Å². The van der Waals surface area contributed by atoms with E-state index in [-0.39, 0.29) is 10.8 Å². The van der Waals surface area contributed by atoms with Crippen LogP contribution in [0.1, 0.15) is 23.7 Å². The van der Waals surface area contributed by atoms with Gasteiger partial charge >= 0.3 is 0 Å². The SMILES string of the molecule is CCNc1cc(C)c(S(=O)(=O)Nc2cc(C)no2)c(C)c1. The molecule has 0 bridgehead atoms. The molecular formula is C14H19N3O3S. The fourth-order valence-corrected chi connectivity index (χ4v) is 3.70. The zero-order chi connectivity index (χ0) is 15.6. The highest BCUT2D eigenvalue weighted by Crippen LogP contribution is 2.26. The Morgan fingerprint density at radius 2 is 1.76 bits per heavy atom. The van der Waals surface area contributed by atoms with Crippen molar-refractivity contribution in [2.75, 3.05) is 16.6 Å². The number of benzene rings is 1. The molecule has 0 unspecified atom stereocenters. The third-order valence-corrected chi connectivity index (χ3v) is 4.62. The summed E-state index contributed by atoms with van der Waals surface area (Å²) in [4.78, 5) is 0.262. The Balaban J connectivity index is 2.40. The molecule has 114 valence electrons. The van der Waals surface area contributed by atoms with E-state index < -0.39 is 10.0 Å². The molecule has 0 fully saturated rings. The highest BCUT2D eigenvalue weighted by Gasteiger charge is 2.21. The first kappa shape index (κ1) is 15.4. The smallest absolute Gasteiger partial charge is 0.264 e. The lowest BCUT2D eigenvalue weighted by Crippen LogP contribution is -2.15. The predicted molar refractivity (Wildman–Crippen MR) is 82.1 cm³/mol. The molecule has 6 nitrogen and oxygen atoms in total. The second kappa shape index (κ2) is 5.77. The first-order chi connectivity index (χ1) is 9.83. The van der Waals surface area contributed by atoms with Gasteiger partial charge in [0, 0.05) is 18.3 Å². The summed E-state index contributed by atoms with van der Waals surface area (Å²) in [5.41, 5.74) is 2.87. The zero-order valence-electron chi connectivity index (χ0n) is 12.5. The number of hydrogen-bond donors (Lipinski definition) is 2. The maximum Gasteiger partial charge on any atom is 0.264 e. The van der Waals surface area contributed by atoms with E-state index >= 15 is 0 Å². The van der Waals surface area contributed by atoms with Crippen LogP contribution in [0.2, 0.25) is 0 Å². The third-order valence-electron chi connectivity index (χ3n) is 2.97. The Bertz CT molecular complexity index is 728. The molecule has 0 spiro atoms. The van der Waals surface area contributed by atoms with E-state index in [0.29, 0.717) is 16.8 Å². The molecule has 0 aliphatic rings. The second-order valence-corrected chi connectivity index (χ2v) is 6.53. The topological polar surface area (TPSA) is 84.2 Å². The summed E-state index contributed by atoms with van der Waals surface area (Å²) in [5, 5.41) is 6.84. The minimum absolute atomic E-state index is 0.113. The van der Waals surface area contributed by atoms with Crippen molar-refractivity contribution >= 4 is 21.6 Å². The second-order valence-electron chi connectivity index (χ2n) is 4.91. The van der Waals surface area contributed by atoms with Crippen molar-refractivity contribution in [1.82, 2.24) is 5.16 Å². The zero-order valence-corrected chi connectivity index (χ0v) is 13.3. The minimum Gasteiger partial charge on any atom is -0.385 e. The number of hydrogen-bond acceptors (Lipinski definition) is 5. The van der Waals surface area contributed by atoms with Crippen LogP contribution in [0.25, 0.3) is 0 Å². The Hall–Kier alpha value is -2.02. The van der Waals surface area contributed by atoms with Crippen molar-refractivity contribution in [3.63, 3.8) is 0 Å². The molecule has 0 aliphatic carbocycles. The summed E-state index contributed by atoms with van der Waals surface area (Å²) in [7, 11) is -3.70. The Morgan fingerprint density at radius 1 is 1.14 bits per heavy atom. The van der Waals surface area contributed by atoms with E-state index in [0.717, 1.165) is 12.2 Å². The molecule has 0 atom stereocenters. The molecule has 0 radical (unpaired) electrons. The van der Waals surface area contributed by atoms with Crippen LogP contribution in [-0.4, -0.2) is 20.1 Å². The average molecular weight is 309 g/mol. The maximum absolute atomic E-state index is 12.5. The van der Waals surface area contributed by atoms with E-state index in [4.69, 9.17) is 4.52 Å². The van der Waals surface area contributed by atoms with Gasteiger partial charge in [-0.15, -0.1) is 0 Å². The van der Waals surface area contributed by atoms with Crippen molar-refractivity contribution in [2.45, 2.75) is 32.6 Å². The van der Waals surface area contributed by atoms with Gasteiger partial charge < -0.3 is 9.84 Å². The van der Waals surface area contributed by atoms with Gasteiger partial charge in [-0.05, 0) is 51.0 Å². The molecule has 0 aliphatic heterocycles. The third kappa shape index (κ3) is 3.36. The van der Waals surface area contributed by atoms with E-state index in [1.165, 1.54) is 6.07 Å². The van der Waals surface area contributed by atoms with Crippen molar-refractivity contribution in [3.8, 4) is 0 Å². The van der Waals surface area contributed by atoms with Gasteiger partial charge in [-0.2, -0.15) is 0 Å². The van der Waals surface area contributed by atoms with E-state index in [2.05, 4.69) is 15.2 Å². The molecule has 2 aromatic rings. The summed E-state index contributed by atoms with van der Waals surface area (Å²) in [6.45, 7) is 8.04. The lowest BCUT2D eigenvalue weighted by atomic mass is 10.1. The standard InChI is InChI=1S/C14H19N3O3S/c1-5-15-12-6-9(2)14(10(3)7-12)21(18,19)17-13-8-11(4)16-20-13/h6-8,15,17H,5H2,1-4H3. The van der Waals surface area contributed by atoms with Crippen molar-refractivity contribution < 1.29 is 12.9 Å². The summed E-state index contributed by atoms with van der Waals surface area (Å²) >= 11 is 0. The molecule has 0 saturated carbocycles. The van der Waals surface area contributed by atoms with E-state index in [1.807, 2.05) is 19.1 Å². The van der Waals surface area contributed by atoms with Gasteiger partial charge in [-0.25, -0.2) is 13.1 Å². The summed E-state index contributed by atoms with van der Waals surface area (Å²) in [6, 6.07) is 5.17. The number of aryl methyl sites for hydroxylation is 3. The van der Waals surface area contributed by atoms with Gasteiger partial charge in [0.25, 0.3) is 10.0 Å². The molecular weight excluding hydrogens is 290 g/mol. The highest BCUT2D eigenvalue weighted by atomic mass is 32.2. The minimum atomic E-state index is -3.70. The molecule has 0 saturated heterocycles. The number of nitrogens with one attached hydrogen (secondary N) is 2. The van der Waals surface area contributed by atoms with Crippen LogP contribution in [-0.2, 0) is 10.0 Å². The van der Waals surface area contributed by atoms with Gasteiger partial charge in [0.05, 0.1) is 10.6 Å². The van der Waals surface area contributed by atoms with Gasteiger partial charge in [0.1, 0.15) is 0 Å². The number of sulfonamides is 1. The van der Waals surface area contributed by atoms with Gasteiger partial charge in [0.15, 0.2) is 0 Å². The lowest BCUT2D eigenvalue weighted by Gasteiger charge is -2.13. The van der Waals surface area contributed by atoms with Crippen LogP contribution >= 0.6 is 0 Å². The first-order valence-electron chi connectivity index (χ1n) is 6.64. The monoisotopic (exact) mass is 309 g/mol. The number of rotatable bonds is 5. The number of anilines is 2. The molecule has 2 N–H and O–H groups in total. The Kier molecular flexibility index (Phi) is 4.22. The lowest BCUT2D eigenvalue weighted by molar-refractivity contribution is 0.430. The normalized spacial score (nSPS) is 11.4. The van der Waals surface area contributed by atoms with Crippen LogP contribution in [0.3, 0.4) is 0 Å². The van der Waals surface area contributed by atoms with Crippen molar-refractivity contribution in [2.24, 2.45) is 0 Å². The molecule has 1 heterocycles. The van der Waals surface area contributed by atoms with Gasteiger partial charge in [-0.1, -0.05) is 5.16 Å². The molecule has 1 aromatic heterocycles. The average Bonchev–Trinajstić information content (AvgIpc) is 2.72. The van der Waals surface area contributed by atoms with Crippen LogP contribution in [0.4, 0.5) is 11.6 Å². The fourth-order valence-electron chi connectivity index (χ4n) is 2.28. The van der Waals surface area contributed by atoms with Crippen molar-refractivity contribution in [1.29, 1.82) is 0 Å². The Morgan fingerprint density at radius 3 is 2.24 bits per heavy atom. The highest BCUT2D eigenvalue weighted by molar-refractivity contribution is 7.92. The van der Waals surface area contributed by atoms with Gasteiger partial charge in [0.2, 0.25) is 5.88 Å². The van der Waals surface area contributed by atoms with Gasteiger partial charge in [-0.3, -0.25) is 0 Å². The largest absolute Gasteiger partial charge is 0.385 e. The molecule has 7 heteroatoms. The van der Waals surface area contributed by atoms with E-state index in [9.17, 15) is 8.42 Å². The van der Waals surface area contributed by atoms with Crippen LogP contribution in [0, 0.1) is 20.8 Å². The molecule has 1 aromatic carbocycles. The van der Waals surface area contributed by atoms with Crippen LogP contribution in [0.5, 0.6) is 0 Å². The molecule has 21 heavy (non-hydrogen) atoms. The number of nitrogens with zero attached hydrogens (tertiary/aromatic N) is 1. The first-order valence-corrected chi connectivity index (χ1v) is 8.13. The predicted octanol–water partition coefficient (Wildman–Crippen LogP) is 2.83. The van der Waals surface area contributed by atoms with Crippen LogP contribution in [0.15, 0.2) is 27.6 Å². The summed E-state index contributed by atoms with van der Waals surface area (Å²) in [5.74, 6) is 0.113. The fraction of sp³-hybridized carbons (Fsp3) is 0.357. The maximum atomic E-state index is 12.5. The summed E-state index contributed by atoms with van der Waals surface area (Å²) < 4.78 is 32.3. The molecule has 0 amide bonds. The van der Waals surface area contributed by atoms with E-state index in [1.54, 1.807) is 20.8 Å². The summed E-state index contributed by atoms with van der Waals surface area (Å²) in [6.07, 6.45) is 0. The molecule has 2 rings (SSSR count). The Labute approximate surface area is 124 Å². The number of aromatic nitrogens is 1. The van der Waals surface area contributed by atoms with Crippen LogP contribution < -0.4 is 10.0 Å².